The van der Waals surface area contributed by atoms with Gasteiger partial charge in [-0.25, -0.2) is 0 Å². The predicted octanol–water partition coefficient (Wildman–Crippen LogP) is 4.88. The Morgan fingerprint density at radius 1 is 1.05 bits per heavy atom. The fourth-order valence-electron chi connectivity index (χ4n) is 3.58. The Hall–Kier alpha value is -0.790. The molecule has 0 radical (unpaired) electrons. The summed E-state index contributed by atoms with van der Waals surface area (Å²) in [5, 5.41) is 0. The van der Waals surface area contributed by atoms with Crippen LogP contribution < -0.4 is 0 Å². The van der Waals surface area contributed by atoms with Gasteiger partial charge in [-0.15, -0.1) is 0 Å². The Morgan fingerprint density at radius 3 is 2.45 bits per heavy atom. The van der Waals surface area contributed by atoms with E-state index in [2.05, 4.69) is 19.1 Å². The zero-order chi connectivity index (χ0) is 14.2. The summed E-state index contributed by atoms with van der Waals surface area (Å²) in [7, 11) is 0. The first-order chi connectivity index (χ1) is 9.79. The molecular formula is C18H30O2. The molecule has 0 aliphatic heterocycles. The third-order valence-corrected chi connectivity index (χ3v) is 4.86. The quantitative estimate of drug-likeness (QED) is 0.323. The average Bonchev–Trinajstić information content (AvgIpc) is 3.06. The molecule has 0 aromatic heterocycles. The van der Waals surface area contributed by atoms with Gasteiger partial charge in [0.1, 0.15) is 0 Å². The standard InChI is InChI=1S/C18H30O2/c1-2-3-4-5-6-7-8-9-18(19)20-14-17-13-15-10-11-16(17)12-15/h10-11,15-17H,2-9,12-14H2,1H3/t15-,16+,17-/m0/s1. The highest BCUT2D eigenvalue weighted by atomic mass is 16.5. The van der Waals surface area contributed by atoms with Gasteiger partial charge in [0, 0.05) is 6.42 Å². The molecule has 0 aromatic rings. The van der Waals surface area contributed by atoms with E-state index in [0.29, 0.717) is 24.9 Å². The average molecular weight is 278 g/mol. The van der Waals surface area contributed by atoms with Gasteiger partial charge >= 0.3 is 5.97 Å². The number of unbranched alkanes of at least 4 members (excludes halogenated alkanes) is 6. The molecule has 0 aromatic carbocycles. The molecule has 0 amide bonds. The molecule has 0 saturated heterocycles. The van der Waals surface area contributed by atoms with Gasteiger partial charge in [0.05, 0.1) is 6.61 Å². The highest BCUT2D eigenvalue weighted by Gasteiger charge is 2.36. The minimum atomic E-state index is 0.0188. The molecular weight excluding hydrogens is 248 g/mol. The minimum absolute atomic E-state index is 0.0188. The van der Waals surface area contributed by atoms with Crippen molar-refractivity contribution in [1.82, 2.24) is 0 Å². The van der Waals surface area contributed by atoms with Crippen molar-refractivity contribution in [1.29, 1.82) is 0 Å². The number of rotatable bonds is 10. The van der Waals surface area contributed by atoms with Gasteiger partial charge in [-0.3, -0.25) is 4.79 Å². The Bertz CT molecular complexity index is 321. The number of hydrogen-bond acceptors (Lipinski definition) is 2. The van der Waals surface area contributed by atoms with E-state index >= 15 is 0 Å². The van der Waals surface area contributed by atoms with E-state index in [4.69, 9.17) is 4.74 Å². The third kappa shape index (κ3) is 4.96. The number of carbonyl (C=O) groups excluding carboxylic acids is 1. The smallest absolute Gasteiger partial charge is 0.305 e. The number of esters is 1. The van der Waals surface area contributed by atoms with E-state index in [9.17, 15) is 4.79 Å². The van der Waals surface area contributed by atoms with E-state index in [1.54, 1.807) is 0 Å². The summed E-state index contributed by atoms with van der Waals surface area (Å²) in [6, 6.07) is 0. The molecule has 2 heteroatoms. The maximum atomic E-state index is 11.7. The fraction of sp³-hybridized carbons (Fsp3) is 0.833. The number of ether oxygens (including phenoxy) is 1. The van der Waals surface area contributed by atoms with Crippen molar-refractivity contribution in [2.45, 2.75) is 71.1 Å². The lowest BCUT2D eigenvalue weighted by molar-refractivity contribution is -0.145. The SMILES string of the molecule is CCCCCCCCCC(=O)OC[C@@H]1C[C@H]2C=C[C@@H]1C2. The molecule has 2 rings (SSSR count). The second kappa shape index (κ2) is 8.49. The van der Waals surface area contributed by atoms with Crippen LogP contribution in [0.1, 0.15) is 71.1 Å². The Labute approximate surface area is 124 Å². The second-order valence-electron chi connectivity index (χ2n) is 6.59. The normalized spacial score (nSPS) is 27.1. The van der Waals surface area contributed by atoms with Crippen LogP contribution in [0.25, 0.3) is 0 Å². The Balaban J connectivity index is 1.44. The van der Waals surface area contributed by atoms with Gasteiger partial charge < -0.3 is 4.74 Å². The molecule has 2 bridgehead atoms. The van der Waals surface area contributed by atoms with Crippen molar-refractivity contribution < 1.29 is 9.53 Å². The summed E-state index contributed by atoms with van der Waals surface area (Å²) < 4.78 is 5.45. The van der Waals surface area contributed by atoms with Gasteiger partial charge in [0.25, 0.3) is 0 Å². The lowest BCUT2D eigenvalue weighted by Crippen LogP contribution is -2.17. The van der Waals surface area contributed by atoms with Gasteiger partial charge in [-0.2, -0.15) is 0 Å². The Morgan fingerprint density at radius 2 is 1.80 bits per heavy atom. The van der Waals surface area contributed by atoms with Crippen molar-refractivity contribution in [2.75, 3.05) is 6.61 Å². The molecule has 2 aliphatic rings. The summed E-state index contributed by atoms with van der Waals surface area (Å²) in [6.45, 7) is 2.89. The molecule has 0 unspecified atom stereocenters. The predicted molar refractivity (Wildman–Crippen MR) is 82.4 cm³/mol. The maximum Gasteiger partial charge on any atom is 0.305 e. The van der Waals surface area contributed by atoms with Crippen molar-refractivity contribution in [3.05, 3.63) is 12.2 Å². The van der Waals surface area contributed by atoms with E-state index in [-0.39, 0.29) is 5.97 Å². The van der Waals surface area contributed by atoms with Crippen molar-refractivity contribution in [3.8, 4) is 0 Å². The van der Waals surface area contributed by atoms with Crippen LogP contribution in [0.3, 0.4) is 0 Å². The highest BCUT2D eigenvalue weighted by molar-refractivity contribution is 5.69. The molecule has 0 heterocycles. The van der Waals surface area contributed by atoms with Crippen LogP contribution in [-0.2, 0) is 9.53 Å². The monoisotopic (exact) mass is 278 g/mol. The second-order valence-corrected chi connectivity index (χ2v) is 6.59. The molecule has 2 aliphatic carbocycles. The van der Waals surface area contributed by atoms with Gasteiger partial charge in [-0.05, 0) is 37.0 Å². The first-order valence-corrected chi connectivity index (χ1v) is 8.63. The zero-order valence-corrected chi connectivity index (χ0v) is 13.0. The summed E-state index contributed by atoms with van der Waals surface area (Å²) in [5.41, 5.74) is 0. The summed E-state index contributed by atoms with van der Waals surface area (Å²) in [6.07, 6.45) is 16.5. The van der Waals surface area contributed by atoms with Crippen molar-refractivity contribution in [2.24, 2.45) is 17.8 Å². The summed E-state index contributed by atoms with van der Waals surface area (Å²) in [4.78, 5) is 11.7. The van der Waals surface area contributed by atoms with Gasteiger partial charge in [-0.1, -0.05) is 57.6 Å². The number of allylic oxidation sites excluding steroid dienone is 2. The molecule has 2 nitrogen and oxygen atoms in total. The van der Waals surface area contributed by atoms with Crippen molar-refractivity contribution in [3.63, 3.8) is 0 Å². The Kier molecular flexibility index (Phi) is 6.62. The fourth-order valence-corrected chi connectivity index (χ4v) is 3.58. The van der Waals surface area contributed by atoms with Crippen LogP contribution in [-0.4, -0.2) is 12.6 Å². The first kappa shape index (κ1) is 15.6. The molecule has 1 saturated carbocycles. The van der Waals surface area contributed by atoms with Crippen LogP contribution in [0.5, 0.6) is 0 Å². The van der Waals surface area contributed by atoms with E-state index in [0.717, 1.165) is 12.3 Å². The number of hydrogen-bond donors (Lipinski definition) is 0. The largest absolute Gasteiger partial charge is 0.465 e. The first-order valence-electron chi connectivity index (χ1n) is 8.63. The number of fused-ring (bicyclic) bond motifs is 2. The maximum absolute atomic E-state index is 11.7. The lowest BCUT2D eigenvalue weighted by Gasteiger charge is -2.17. The van der Waals surface area contributed by atoms with Crippen LogP contribution in [0.2, 0.25) is 0 Å². The molecule has 3 atom stereocenters. The molecule has 20 heavy (non-hydrogen) atoms. The van der Waals surface area contributed by atoms with Gasteiger partial charge in [0.2, 0.25) is 0 Å². The summed E-state index contributed by atoms with van der Waals surface area (Å²) >= 11 is 0. The number of carbonyl (C=O) groups is 1. The molecule has 0 N–H and O–H groups in total. The van der Waals surface area contributed by atoms with Crippen LogP contribution in [0.15, 0.2) is 12.2 Å². The summed E-state index contributed by atoms with van der Waals surface area (Å²) in [5.74, 6) is 2.08. The van der Waals surface area contributed by atoms with Crippen LogP contribution in [0.4, 0.5) is 0 Å². The van der Waals surface area contributed by atoms with Crippen LogP contribution in [0, 0.1) is 17.8 Å². The third-order valence-electron chi connectivity index (χ3n) is 4.86. The molecule has 1 fully saturated rings. The molecule has 0 spiro atoms. The minimum Gasteiger partial charge on any atom is -0.465 e. The highest BCUT2D eigenvalue weighted by Crippen LogP contribution is 2.43. The van der Waals surface area contributed by atoms with Crippen molar-refractivity contribution >= 4 is 5.97 Å². The molecule has 114 valence electrons. The van der Waals surface area contributed by atoms with E-state index in [1.807, 2.05) is 0 Å². The van der Waals surface area contributed by atoms with E-state index in [1.165, 1.54) is 51.4 Å². The topological polar surface area (TPSA) is 26.3 Å². The van der Waals surface area contributed by atoms with Crippen LogP contribution >= 0.6 is 0 Å². The zero-order valence-electron chi connectivity index (χ0n) is 13.0. The van der Waals surface area contributed by atoms with E-state index < -0.39 is 0 Å². The van der Waals surface area contributed by atoms with Gasteiger partial charge in [0.15, 0.2) is 0 Å². The lowest BCUT2D eigenvalue weighted by atomic mass is 9.95.